The second kappa shape index (κ2) is 5.04. The van der Waals surface area contributed by atoms with Crippen LogP contribution in [0.3, 0.4) is 0 Å². The van der Waals surface area contributed by atoms with Crippen molar-refractivity contribution in [3.05, 3.63) is 36.7 Å². The first-order valence-corrected chi connectivity index (χ1v) is 6.07. The minimum Gasteiger partial charge on any atom is -0.399 e. The molecule has 0 bridgehead atoms. The standard InChI is InChI=1S/C14H19N3/c1-3-11(2)10-17-8-7-16-14(17)12-5-4-6-13(15)9-12/h4-9,11H,3,10,15H2,1-2H3. The molecule has 1 aromatic heterocycles. The predicted octanol–water partition coefficient (Wildman–Crippen LogP) is 3.18. The van der Waals surface area contributed by atoms with Crippen molar-refractivity contribution >= 4 is 5.69 Å². The number of anilines is 1. The molecule has 0 aliphatic heterocycles. The second-order valence-corrected chi connectivity index (χ2v) is 4.54. The molecule has 90 valence electrons. The molecule has 1 atom stereocenters. The molecule has 3 heteroatoms. The van der Waals surface area contributed by atoms with Gasteiger partial charge in [0.25, 0.3) is 0 Å². The van der Waals surface area contributed by atoms with Gasteiger partial charge in [-0.1, -0.05) is 32.4 Å². The number of nitrogens with zero attached hydrogens (tertiary/aromatic N) is 2. The van der Waals surface area contributed by atoms with E-state index in [0.717, 1.165) is 23.6 Å². The fraction of sp³-hybridized carbons (Fsp3) is 0.357. The van der Waals surface area contributed by atoms with Gasteiger partial charge in [-0.3, -0.25) is 0 Å². The first-order chi connectivity index (χ1) is 8.20. The van der Waals surface area contributed by atoms with Crippen molar-refractivity contribution < 1.29 is 0 Å². The van der Waals surface area contributed by atoms with E-state index in [1.807, 2.05) is 36.7 Å². The summed E-state index contributed by atoms with van der Waals surface area (Å²) in [5, 5.41) is 0. The number of imidazole rings is 1. The topological polar surface area (TPSA) is 43.8 Å². The zero-order chi connectivity index (χ0) is 12.3. The lowest BCUT2D eigenvalue weighted by Crippen LogP contribution is -2.07. The predicted molar refractivity (Wildman–Crippen MR) is 71.5 cm³/mol. The quantitative estimate of drug-likeness (QED) is 0.818. The molecular weight excluding hydrogens is 210 g/mol. The van der Waals surface area contributed by atoms with Crippen molar-refractivity contribution in [3.8, 4) is 11.4 Å². The van der Waals surface area contributed by atoms with Gasteiger partial charge in [0.15, 0.2) is 0 Å². The maximum atomic E-state index is 5.81. The highest BCUT2D eigenvalue weighted by molar-refractivity contribution is 5.61. The summed E-state index contributed by atoms with van der Waals surface area (Å²) in [7, 11) is 0. The molecule has 0 aliphatic rings. The van der Waals surface area contributed by atoms with Crippen LogP contribution in [0.5, 0.6) is 0 Å². The fourth-order valence-corrected chi connectivity index (χ4v) is 1.86. The van der Waals surface area contributed by atoms with Crippen LogP contribution in [0.4, 0.5) is 5.69 Å². The summed E-state index contributed by atoms with van der Waals surface area (Å²) in [6, 6.07) is 7.87. The summed E-state index contributed by atoms with van der Waals surface area (Å²) in [6.07, 6.45) is 5.06. The van der Waals surface area contributed by atoms with Gasteiger partial charge in [0.2, 0.25) is 0 Å². The molecule has 1 heterocycles. The highest BCUT2D eigenvalue weighted by Gasteiger charge is 2.08. The molecule has 0 aliphatic carbocycles. The van der Waals surface area contributed by atoms with E-state index < -0.39 is 0 Å². The minimum absolute atomic E-state index is 0.656. The molecule has 1 aromatic carbocycles. The van der Waals surface area contributed by atoms with Gasteiger partial charge in [-0.2, -0.15) is 0 Å². The summed E-state index contributed by atoms with van der Waals surface area (Å²) >= 11 is 0. The summed E-state index contributed by atoms with van der Waals surface area (Å²) in [6.45, 7) is 5.46. The fourth-order valence-electron chi connectivity index (χ4n) is 1.86. The zero-order valence-electron chi connectivity index (χ0n) is 10.4. The van der Waals surface area contributed by atoms with E-state index in [1.54, 1.807) is 0 Å². The first-order valence-electron chi connectivity index (χ1n) is 6.07. The number of nitrogen functional groups attached to an aromatic ring is 1. The van der Waals surface area contributed by atoms with E-state index in [-0.39, 0.29) is 0 Å². The molecule has 3 nitrogen and oxygen atoms in total. The average molecular weight is 229 g/mol. The van der Waals surface area contributed by atoms with Crippen LogP contribution >= 0.6 is 0 Å². The van der Waals surface area contributed by atoms with Crippen LogP contribution in [0.25, 0.3) is 11.4 Å². The second-order valence-electron chi connectivity index (χ2n) is 4.54. The highest BCUT2D eigenvalue weighted by Crippen LogP contribution is 2.21. The lowest BCUT2D eigenvalue weighted by molar-refractivity contribution is 0.471. The van der Waals surface area contributed by atoms with Gasteiger partial charge in [0, 0.05) is 30.2 Å². The molecule has 2 N–H and O–H groups in total. The third-order valence-corrected chi connectivity index (χ3v) is 3.07. The molecule has 0 fully saturated rings. The Morgan fingerprint density at radius 2 is 2.24 bits per heavy atom. The smallest absolute Gasteiger partial charge is 0.139 e. The Morgan fingerprint density at radius 3 is 2.94 bits per heavy atom. The first kappa shape index (κ1) is 11.7. The molecule has 0 amide bonds. The van der Waals surface area contributed by atoms with Crippen LogP contribution in [-0.2, 0) is 6.54 Å². The number of hydrogen-bond acceptors (Lipinski definition) is 2. The molecule has 2 rings (SSSR count). The van der Waals surface area contributed by atoms with Crippen molar-refractivity contribution in [2.45, 2.75) is 26.8 Å². The van der Waals surface area contributed by atoms with E-state index in [0.29, 0.717) is 5.92 Å². The van der Waals surface area contributed by atoms with Crippen LogP contribution in [-0.4, -0.2) is 9.55 Å². The number of nitrogens with two attached hydrogens (primary N) is 1. The maximum Gasteiger partial charge on any atom is 0.139 e. The van der Waals surface area contributed by atoms with Crippen LogP contribution < -0.4 is 5.73 Å². The maximum absolute atomic E-state index is 5.81. The van der Waals surface area contributed by atoms with E-state index in [2.05, 4.69) is 23.4 Å². The normalized spacial score (nSPS) is 12.6. The Balaban J connectivity index is 2.30. The summed E-state index contributed by atoms with van der Waals surface area (Å²) in [4.78, 5) is 4.42. The third-order valence-electron chi connectivity index (χ3n) is 3.07. The molecule has 1 unspecified atom stereocenters. The van der Waals surface area contributed by atoms with Gasteiger partial charge in [0.05, 0.1) is 0 Å². The third kappa shape index (κ3) is 2.67. The van der Waals surface area contributed by atoms with E-state index in [1.165, 1.54) is 6.42 Å². The number of hydrogen-bond donors (Lipinski definition) is 1. The SMILES string of the molecule is CCC(C)Cn1ccnc1-c1cccc(N)c1. The Kier molecular flexibility index (Phi) is 3.47. The Morgan fingerprint density at radius 1 is 1.41 bits per heavy atom. The van der Waals surface area contributed by atoms with Crippen molar-refractivity contribution in [2.24, 2.45) is 5.92 Å². The Bertz CT molecular complexity index is 488. The minimum atomic E-state index is 0.656. The zero-order valence-corrected chi connectivity index (χ0v) is 10.4. The Hall–Kier alpha value is -1.77. The van der Waals surface area contributed by atoms with Crippen LogP contribution in [0.15, 0.2) is 36.7 Å². The van der Waals surface area contributed by atoms with Crippen LogP contribution in [0.2, 0.25) is 0 Å². The Labute approximate surface area is 102 Å². The van der Waals surface area contributed by atoms with Crippen molar-refractivity contribution in [2.75, 3.05) is 5.73 Å². The lowest BCUT2D eigenvalue weighted by Gasteiger charge is -2.12. The average Bonchev–Trinajstić information content (AvgIpc) is 2.77. The monoisotopic (exact) mass is 229 g/mol. The summed E-state index contributed by atoms with van der Waals surface area (Å²) in [5.41, 5.74) is 7.67. The van der Waals surface area contributed by atoms with Crippen LogP contribution in [0, 0.1) is 5.92 Å². The molecular formula is C14H19N3. The lowest BCUT2D eigenvalue weighted by atomic mass is 10.1. The number of aromatic nitrogens is 2. The van der Waals surface area contributed by atoms with E-state index in [9.17, 15) is 0 Å². The molecule has 0 spiro atoms. The van der Waals surface area contributed by atoms with Crippen molar-refractivity contribution in [1.82, 2.24) is 9.55 Å². The molecule has 2 aromatic rings. The van der Waals surface area contributed by atoms with Gasteiger partial charge in [0.1, 0.15) is 5.82 Å². The number of benzene rings is 1. The van der Waals surface area contributed by atoms with Gasteiger partial charge in [-0.25, -0.2) is 4.98 Å². The molecule has 0 saturated carbocycles. The summed E-state index contributed by atoms with van der Waals surface area (Å²) in [5.74, 6) is 1.65. The van der Waals surface area contributed by atoms with E-state index >= 15 is 0 Å². The largest absolute Gasteiger partial charge is 0.399 e. The van der Waals surface area contributed by atoms with E-state index in [4.69, 9.17) is 5.73 Å². The molecule has 0 radical (unpaired) electrons. The molecule has 17 heavy (non-hydrogen) atoms. The molecule has 0 saturated heterocycles. The van der Waals surface area contributed by atoms with Gasteiger partial charge < -0.3 is 10.3 Å². The van der Waals surface area contributed by atoms with Gasteiger partial charge in [-0.15, -0.1) is 0 Å². The number of rotatable bonds is 4. The highest BCUT2D eigenvalue weighted by atomic mass is 15.1. The van der Waals surface area contributed by atoms with Crippen molar-refractivity contribution in [3.63, 3.8) is 0 Å². The van der Waals surface area contributed by atoms with Gasteiger partial charge >= 0.3 is 0 Å². The van der Waals surface area contributed by atoms with Gasteiger partial charge in [-0.05, 0) is 18.1 Å². The summed E-state index contributed by atoms with van der Waals surface area (Å²) < 4.78 is 2.20. The van der Waals surface area contributed by atoms with Crippen molar-refractivity contribution in [1.29, 1.82) is 0 Å². The van der Waals surface area contributed by atoms with Crippen LogP contribution in [0.1, 0.15) is 20.3 Å².